The number of carbonyl (C=O) groups excluding carboxylic acids is 2. The van der Waals surface area contributed by atoms with E-state index in [2.05, 4.69) is 6.07 Å². The fraction of sp³-hybridized carbons (Fsp3) is 0.400. The van der Waals surface area contributed by atoms with Crippen LogP contribution in [0.5, 0.6) is 0 Å². The van der Waals surface area contributed by atoms with Crippen LogP contribution in [-0.2, 0) is 11.2 Å². The number of amides is 2. The van der Waals surface area contributed by atoms with E-state index in [1.807, 2.05) is 13.0 Å². The van der Waals surface area contributed by atoms with Crippen LogP contribution in [0.15, 0.2) is 24.3 Å². The molecular weight excluding hydrogens is 254 g/mol. The number of primary amides is 1. The van der Waals surface area contributed by atoms with Gasteiger partial charge in [0.25, 0.3) is 5.91 Å². The molecule has 2 N–H and O–H groups in total. The van der Waals surface area contributed by atoms with Gasteiger partial charge in [-0.05, 0) is 23.6 Å². The van der Waals surface area contributed by atoms with Crippen LogP contribution < -0.4 is 5.73 Å². The van der Waals surface area contributed by atoms with Gasteiger partial charge in [0.05, 0.1) is 18.4 Å². The third kappa shape index (κ3) is 2.80. The topological polar surface area (TPSA) is 87.2 Å². The van der Waals surface area contributed by atoms with Gasteiger partial charge in [0.1, 0.15) is 0 Å². The Hall–Kier alpha value is -2.35. The fourth-order valence-electron chi connectivity index (χ4n) is 2.59. The lowest BCUT2D eigenvalue weighted by atomic mass is 9.98. The summed E-state index contributed by atoms with van der Waals surface area (Å²) in [6.45, 7) is 2.83. The first-order valence-electron chi connectivity index (χ1n) is 6.57. The molecule has 0 radical (unpaired) electrons. The second-order valence-corrected chi connectivity index (χ2v) is 5.23. The number of rotatable bonds is 3. The molecule has 1 aliphatic heterocycles. The van der Waals surface area contributed by atoms with Gasteiger partial charge in [-0.3, -0.25) is 9.59 Å². The van der Waals surface area contributed by atoms with Crippen LogP contribution in [0.3, 0.4) is 0 Å². The van der Waals surface area contributed by atoms with Crippen molar-refractivity contribution in [2.45, 2.75) is 13.3 Å². The highest BCUT2D eigenvalue weighted by molar-refractivity contribution is 5.95. The summed E-state index contributed by atoms with van der Waals surface area (Å²) < 4.78 is 0. The summed E-state index contributed by atoms with van der Waals surface area (Å²) in [5.74, 6) is -0.661. The summed E-state index contributed by atoms with van der Waals surface area (Å²) in [4.78, 5) is 25.4. The average Bonchev–Trinajstić information content (AvgIpc) is 2.81. The molecule has 1 aliphatic rings. The van der Waals surface area contributed by atoms with Crippen LogP contribution in [0.1, 0.15) is 22.8 Å². The largest absolute Gasteiger partial charge is 0.369 e. The Morgan fingerprint density at radius 2 is 2.20 bits per heavy atom. The van der Waals surface area contributed by atoms with Crippen LogP contribution in [0.2, 0.25) is 0 Å². The Morgan fingerprint density at radius 3 is 2.80 bits per heavy atom. The van der Waals surface area contributed by atoms with Crippen LogP contribution >= 0.6 is 0 Å². The molecule has 1 fully saturated rings. The molecule has 0 aliphatic carbocycles. The van der Waals surface area contributed by atoms with Gasteiger partial charge in [-0.2, -0.15) is 5.26 Å². The van der Waals surface area contributed by atoms with E-state index in [-0.39, 0.29) is 30.1 Å². The SMILES string of the molecule is C[C@@H]1CN(C(=O)c2cccc(CC#N)c2)C[C@H]1C(N)=O. The number of nitrogens with two attached hydrogens (primary N) is 1. The zero-order chi connectivity index (χ0) is 14.7. The lowest BCUT2D eigenvalue weighted by molar-refractivity contribution is -0.122. The molecule has 104 valence electrons. The number of benzene rings is 1. The molecule has 0 spiro atoms. The number of hydrogen-bond acceptors (Lipinski definition) is 3. The molecule has 1 saturated heterocycles. The summed E-state index contributed by atoms with van der Waals surface area (Å²) in [6.07, 6.45) is 0.279. The van der Waals surface area contributed by atoms with Crippen molar-refractivity contribution in [3.63, 3.8) is 0 Å². The quantitative estimate of drug-likeness (QED) is 0.887. The summed E-state index contributed by atoms with van der Waals surface area (Å²) in [7, 11) is 0. The van der Waals surface area contributed by atoms with Crippen LogP contribution in [0.25, 0.3) is 0 Å². The molecule has 0 saturated carbocycles. The minimum atomic E-state index is -0.356. The smallest absolute Gasteiger partial charge is 0.253 e. The predicted octanol–water partition coefficient (Wildman–Crippen LogP) is 0.946. The van der Waals surface area contributed by atoms with E-state index in [1.54, 1.807) is 23.1 Å². The number of nitrogens with zero attached hydrogens (tertiary/aromatic N) is 2. The average molecular weight is 271 g/mol. The number of hydrogen-bond donors (Lipinski definition) is 1. The maximum absolute atomic E-state index is 12.4. The summed E-state index contributed by atoms with van der Waals surface area (Å²) in [5, 5.41) is 8.69. The predicted molar refractivity (Wildman–Crippen MR) is 73.5 cm³/mol. The highest BCUT2D eigenvalue weighted by Crippen LogP contribution is 2.24. The van der Waals surface area contributed by atoms with Crippen molar-refractivity contribution >= 4 is 11.8 Å². The van der Waals surface area contributed by atoms with Crippen LogP contribution in [0.4, 0.5) is 0 Å². The lowest BCUT2D eigenvalue weighted by Gasteiger charge is -2.16. The summed E-state index contributed by atoms with van der Waals surface area (Å²) in [5.41, 5.74) is 6.71. The molecule has 5 heteroatoms. The molecule has 1 heterocycles. The van der Waals surface area contributed by atoms with Gasteiger partial charge < -0.3 is 10.6 Å². The van der Waals surface area contributed by atoms with Crippen molar-refractivity contribution < 1.29 is 9.59 Å². The standard InChI is InChI=1S/C15H17N3O2/c1-10-8-18(9-13(10)14(17)19)15(20)12-4-2-3-11(7-12)5-6-16/h2-4,7,10,13H,5,8-9H2,1H3,(H2,17,19)/t10-,13-/m1/s1. The van der Waals surface area contributed by atoms with E-state index in [9.17, 15) is 9.59 Å². The van der Waals surface area contributed by atoms with Crippen molar-refractivity contribution in [3.05, 3.63) is 35.4 Å². The monoisotopic (exact) mass is 271 g/mol. The summed E-state index contributed by atoms with van der Waals surface area (Å²) >= 11 is 0. The van der Waals surface area contributed by atoms with E-state index < -0.39 is 0 Å². The Morgan fingerprint density at radius 1 is 1.45 bits per heavy atom. The Labute approximate surface area is 118 Å². The van der Waals surface area contributed by atoms with Gasteiger partial charge in [-0.15, -0.1) is 0 Å². The highest BCUT2D eigenvalue weighted by Gasteiger charge is 2.36. The third-order valence-electron chi connectivity index (χ3n) is 3.72. The zero-order valence-electron chi connectivity index (χ0n) is 11.4. The molecule has 0 bridgehead atoms. The fourth-order valence-corrected chi connectivity index (χ4v) is 2.59. The highest BCUT2D eigenvalue weighted by atomic mass is 16.2. The van der Waals surface area contributed by atoms with E-state index >= 15 is 0 Å². The number of nitriles is 1. The molecule has 2 atom stereocenters. The maximum atomic E-state index is 12.4. The molecule has 5 nitrogen and oxygen atoms in total. The molecule has 2 rings (SSSR count). The van der Waals surface area contributed by atoms with E-state index in [1.165, 1.54) is 0 Å². The first-order valence-corrected chi connectivity index (χ1v) is 6.57. The molecule has 0 unspecified atom stereocenters. The minimum Gasteiger partial charge on any atom is -0.369 e. The Bertz CT molecular complexity index is 577. The zero-order valence-corrected chi connectivity index (χ0v) is 11.4. The lowest BCUT2D eigenvalue weighted by Crippen LogP contribution is -2.32. The normalized spacial score (nSPS) is 21.5. The second kappa shape index (κ2) is 5.74. The van der Waals surface area contributed by atoms with E-state index in [0.717, 1.165) is 5.56 Å². The third-order valence-corrected chi connectivity index (χ3v) is 3.72. The van der Waals surface area contributed by atoms with Crippen molar-refractivity contribution in [2.24, 2.45) is 17.6 Å². The minimum absolute atomic E-state index is 0.0822. The van der Waals surface area contributed by atoms with Crippen LogP contribution in [-0.4, -0.2) is 29.8 Å². The summed E-state index contributed by atoms with van der Waals surface area (Å²) in [6, 6.07) is 9.11. The molecular formula is C15H17N3O2. The molecule has 1 aromatic rings. The van der Waals surface area contributed by atoms with Gasteiger partial charge >= 0.3 is 0 Å². The molecule has 2 amide bonds. The Balaban J connectivity index is 2.15. The van der Waals surface area contributed by atoms with Gasteiger partial charge in [-0.1, -0.05) is 19.1 Å². The molecule has 20 heavy (non-hydrogen) atoms. The van der Waals surface area contributed by atoms with Crippen molar-refractivity contribution in [2.75, 3.05) is 13.1 Å². The van der Waals surface area contributed by atoms with Gasteiger partial charge in [-0.25, -0.2) is 0 Å². The van der Waals surface area contributed by atoms with E-state index in [0.29, 0.717) is 18.7 Å². The maximum Gasteiger partial charge on any atom is 0.253 e. The van der Waals surface area contributed by atoms with E-state index in [4.69, 9.17) is 11.0 Å². The van der Waals surface area contributed by atoms with Gasteiger partial charge in [0, 0.05) is 18.7 Å². The van der Waals surface area contributed by atoms with Crippen molar-refractivity contribution in [1.82, 2.24) is 4.90 Å². The first-order chi connectivity index (χ1) is 9.52. The van der Waals surface area contributed by atoms with Crippen LogP contribution in [0, 0.1) is 23.2 Å². The number of likely N-dealkylation sites (tertiary alicyclic amines) is 1. The van der Waals surface area contributed by atoms with Gasteiger partial charge in [0.15, 0.2) is 0 Å². The molecule has 1 aromatic carbocycles. The first kappa shape index (κ1) is 14.1. The Kier molecular flexibility index (Phi) is 4.04. The molecule has 0 aromatic heterocycles. The number of carbonyl (C=O) groups is 2. The van der Waals surface area contributed by atoms with Crippen molar-refractivity contribution in [1.29, 1.82) is 5.26 Å². The second-order valence-electron chi connectivity index (χ2n) is 5.23. The van der Waals surface area contributed by atoms with Crippen molar-refractivity contribution in [3.8, 4) is 6.07 Å². The van der Waals surface area contributed by atoms with Gasteiger partial charge in [0.2, 0.25) is 5.91 Å².